The summed E-state index contributed by atoms with van der Waals surface area (Å²) in [6.45, 7) is -2.95. The normalized spacial score (nSPS) is 13.2. The molecule has 0 aliphatic carbocycles. The van der Waals surface area contributed by atoms with Gasteiger partial charge in [-0.3, -0.25) is 25.0 Å². The zero-order chi connectivity index (χ0) is 25.3. The summed E-state index contributed by atoms with van der Waals surface area (Å²) in [5.74, 6) is -23.7. The number of nitro benzene ring substituents is 2. The first-order chi connectivity index (χ1) is 14.3. The Hall–Kier alpha value is -3.12. The molecule has 10 nitrogen and oxygen atoms in total. The van der Waals surface area contributed by atoms with E-state index in [1.54, 1.807) is 0 Å². The van der Waals surface area contributed by atoms with E-state index in [1.165, 1.54) is 0 Å². The van der Waals surface area contributed by atoms with Crippen molar-refractivity contribution in [2.75, 3.05) is 12.4 Å². The highest BCUT2D eigenvalue weighted by Gasteiger charge is 2.75. The molecule has 0 bridgehead atoms. The predicted octanol–water partition coefficient (Wildman–Crippen LogP) is 2.99. The SMILES string of the molecule is O=C(CS(=O)(=O)c1ccc([N+](=O)[O-])cc1[N+](=O)[O-])OCC(F)(F)C(F)(F)C(F)(F)C(F)F. The Morgan fingerprint density at radius 1 is 1.03 bits per heavy atom. The number of nitro groups is 2. The third kappa shape index (κ3) is 5.19. The van der Waals surface area contributed by atoms with Gasteiger partial charge in [-0.2, -0.15) is 26.3 Å². The van der Waals surface area contributed by atoms with Gasteiger partial charge in [0.2, 0.25) is 0 Å². The second-order valence-corrected chi connectivity index (χ2v) is 7.75. The number of carbonyl (C=O) groups excluding carboxylic acids is 1. The van der Waals surface area contributed by atoms with Gasteiger partial charge in [-0.25, -0.2) is 17.2 Å². The number of nitrogens with zero attached hydrogens (tertiary/aromatic N) is 2. The van der Waals surface area contributed by atoms with E-state index in [-0.39, 0.29) is 6.07 Å². The number of benzene rings is 1. The van der Waals surface area contributed by atoms with Crippen LogP contribution in [-0.2, 0) is 19.4 Å². The monoisotopic (exact) mass is 504 g/mol. The molecule has 19 heteroatoms. The number of hydrogen-bond donors (Lipinski definition) is 0. The fourth-order valence-electron chi connectivity index (χ4n) is 1.94. The Morgan fingerprint density at radius 2 is 1.56 bits per heavy atom. The van der Waals surface area contributed by atoms with Crippen LogP contribution in [0.25, 0.3) is 0 Å². The van der Waals surface area contributed by atoms with Crippen LogP contribution in [-0.4, -0.2) is 60.8 Å². The summed E-state index contributed by atoms with van der Waals surface area (Å²) in [7, 11) is -5.16. The molecule has 0 aromatic heterocycles. The van der Waals surface area contributed by atoms with Crippen LogP contribution in [0.15, 0.2) is 23.1 Å². The fourth-order valence-corrected chi connectivity index (χ4v) is 3.22. The Kier molecular flexibility index (Phi) is 7.39. The zero-order valence-electron chi connectivity index (χ0n) is 14.8. The quantitative estimate of drug-likeness (QED) is 0.205. The highest BCUT2D eigenvalue weighted by molar-refractivity contribution is 7.92. The van der Waals surface area contributed by atoms with E-state index in [9.17, 15) is 68.6 Å². The second-order valence-electron chi connectivity index (χ2n) is 5.79. The topological polar surface area (TPSA) is 147 Å². The lowest BCUT2D eigenvalue weighted by Gasteiger charge is -2.31. The minimum absolute atomic E-state index is 0.180. The first-order valence-electron chi connectivity index (χ1n) is 7.50. The van der Waals surface area contributed by atoms with Crippen LogP contribution in [0.5, 0.6) is 0 Å². The van der Waals surface area contributed by atoms with Crippen LogP contribution in [0.4, 0.5) is 46.5 Å². The summed E-state index contributed by atoms with van der Waals surface area (Å²) in [6, 6.07) is 0.955. The minimum Gasteiger partial charge on any atom is -0.458 e. The van der Waals surface area contributed by atoms with Gasteiger partial charge in [-0.15, -0.1) is 0 Å². The molecular weight excluding hydrogens is 496 g/mol. The molecule has 0 aliphatic rings. The Balaban J connectivity index is 3.09. The molecule has 0 unspecified atom stereocenters. The van der Waals surface area contributed by atoms with Crippen LogP contribution < -0.4 is 0 Å². The number of esters is 1. The minimum atomic E-state index is -6.72. The number of halogens is 8. The largest absolute Gasteiger partial charge is 0.458 e. The van der Waals surface area contributed by atoms with Gasteiger partial charge in [0.25, 0.3) is 11.4 Å². The van der Waals surface area contributed by atoms with Gasteiger partial charge < -0.3 is 4.74 Å². The molecule has 0 radical (unpaired) electrons. The summed E-state index contributed by atoms with van der Waals surface area (Å²) in [6.07, 6.45) is -5.23. The van der Waals surface area contributed by atoms with Crippen LogP contribution in [0.2, 0.25) is 0 Å². The molecule has 0 heterocycles. The smallest absolute Gasteiger partial charge is 0.381 e. The van der Waals surface area contributed by atoms with Gasteiger partial charge in [-0.05, 0) is 6.07 Å². The summed E-state index contributed by atoms with van der Waals surface area (Å²) < 4.78 is 130. The van der Waals surface area contributed by atoms with Crippen molar-refractivity contribution in [2.45, 2.75) is 29.1 Å². The van der Waals surface area contributed by atoms with Gasteiger partial charge in [-0.1, -0.05) is 0 Å². The standard InChI is InChI=1S/C13H8F8N2O8S/c14-10(15)12(18,19)13(20,21)11(16,17)5-31-9(24)4-32(29,30)8-2-1-6(22(25)26)3-7(8)23(27)28/h1-3,10H,4-5H2. The number of sulfone groups is 1. The van der Waals surface area contributed by atoms with Crippen molar-refractivity contribution >= 4 is 27.2 Å². The highest BCUT2D eigenvalue weighted by Crippen LogP contribution is 2.48. The summed E-state index contributed by atoms with van der Waals surface area (Å²) in [5.41, 5.74) is -2.36. The van der Waals surface area contributed by atoms with E-state index in [0.717, 1.165) is 0 Å². The van der Waals surface area contributed by atoms with Gasteiger partial charge in [0, 0.05) is 6.07 Å². The first kappa shape index (κ1) is 26.9. The molecule has 0 N–H and O–H groups in total. The van der Waals surface area contributed by atoms with Crippen LogP contribution in [0.3, 0.4) is 0 Å². The lowest BCUT2D eigenvalue weighted by atomic mass is 10.1. The molecule has 32 heavy (non-hydrogen) atoms. The Morgan fingerprint density at radius 3 is 2.00 bits per heavy atom. The van der Waals surface area contributed by atoms with Crippen LogP contribution in [0, 0.1) is 20.2 Å². The third-order valence-corrected chi connectivity index (χ3v) is 5.19. The molecule has 180 valence electrons. The molecule has 0 atom stereocenters. The summed E-state index contributed by atoms with van der Waals surface area (Å²) in [4.78, 5) is 29.1. The lowest BCUT2D eigenvalue weighted by Crippen LogP contribution is -2.59. The maximum atomic E-state index is 13.3. The average Bonchev–Trinajstić information content (AvgIpc) is 2.65. The predicted molar refractivity (Wildman–Crippen MR) is 83.6 cm³/mol. The zero-order valence-corrected chi connectivity index (χ0v) is 15.6. The molecule has 1 aromatic carbocycles. The number of rotatable bonds is 10. The maximum Gasteiger partial charge on any atom is 0.381 e. The van der Waals surface area contributed by atoms with E-state index in [2.05, 4.69) is 4.74 Å². The molecule has 0 amide bonds. The van der Waals surface area contributed by atoms with Crippen molar-refractivity contribution in [3.63, 3.8) is 0 Å². The molecule has 0 spiro atoms. The van der Waals surface area contributed by atoms with E-state index >= 15 is 0 Å². The average molecular weight is 504 g/mol. The molecule has 1 rings (SSSR count). The molecule has 0 aliphatic heterocycles. The number of hydrogen-bond acceptors (Lipinski definition) is 8. The molecule has 0 saturated carbocycles. The summed E-state index contributed by atoms with van der Waals surface area (Å²) in [5, 5.41) is 21.5. The number of carbonyl (C=O) groups is 1. The third-order valence-electron chi connectivity index (χ3n) is 3.56. The van der Waals surface area contributed by atoms with Crippen molar-refractivity contribution in [3.05, 3.63) is 38.4 Å². The first-order valence-corrected chi connectivity index (χ1v) is 9.16. The molecule has 0 saturated heterocycles. The molecule has 1 aromatic rings. The molecule has 0 fully saturated rings. The Labute approximate surface area is 171 Å². The van der Waals surface area contributed by atoms with Crippen molar-refractivity contribution in [3.8, 4) is 0 Å². The number of alkyl halides is 8. The summed E-state index contributed by atoms with van der Waals surface area (Å²) >= 11 is 0. The second kappa shape index (κ2) is 8.79. The van der Waals surface area contributed by atoms with E-state index in [0.29, 0.717) is 12.1 Å². The van der Waals surface area contributed by atoms with Crippen LogP contribution >= 0.6 is 0 Å². The number of ether oxygens (including phenoxy) is 1. The van der Waals surface area contributed by atoms with Gasteiger partial charge in [0.1, 0.15) is 4.90 Å². The van der Waals surface area contributed by atoms with E-state index in [4.69, 9.17) is 0 Å². The van der Waals surface area contributed by atoms with Crippen LogP contribution in [0.1, 0.15) is 0 Å². The van der Waals surface area contributed by atoms with Crippen molar-refractivity contribution < 1.29 is 62.9 Å². The van der Waals surface area contributed by atoms with Crippen molar-refractivity contribution in [2.24, 2.45) is 0 Å². The van der Waals surface area contributed by atoms with E-state index < -0.39 is 78.5 Å². The van der Waals surface area contributed by atoms with E-state index in [1.807, 2.05) is 0 Å². The van der Waals surface area contributed by atoms with Crippen molar-refractivity contribution in [1.29, 1.82) is 0 Å². The lowest BCUT2D eigenvalue weighted by molar-refractivity contribution is -0.396. The molecular formula is C13H8F8N2O8S. The highest BCUT2D eigenvalue weighted by atomic mass is 32.2. The van der Waals surface area contributed by atoms with Gasteiger partial charge >= 0.3 is 30.2 Å². The number of non-ortho nitro benzene ring substituents is 1. The van der Waals surface area contributed by atoms with Crippen molar-refractivity contribution in [1.82, 2.24) is 0 Å². The maximum absolute atomic E-state index is 13.3. The van der Waals surface area contributed by atoms with Gasteiger partial charge in [0.15, 0.2) is 22.2 Å². The Bertz CT molecular complexity index is 1030. The van der Waals surface area contributed by atoms with Gasteiger partial charge in [0.05, 0.1) is 15.9 Å². The fraction of sp³-hybridized carbons (Fsp3) is 0.462.